The monoisotopic (exact) mass is 321 g/mol. The van der Waals surface area contributed by atoms with E-state index in [2.05, 4.69) is 0 Å². The van der Waals surface area contributed by atoms with Crippen LogP contribution in [-0.4, -0.2) is 98.5 Å². The Labute approximate surface area is 125 Å². The van der Waals surface area contributed by atoms with Gasteiger partial charge >= 0.3 is 12.0 Å². The predicted octanol–water partition coefficient (Wildman–Crippen LogP) is -0.826. The first kappa shape index (κ1) is 17.7. The first-order chi connectivity index (χ1) is 9.62. The highest BCUT2D eigenvalue weighted by atomic mass is 32.2. The zero-order valence-corrected chi connectivity index (χ0v) is 13.5. The number of hydrogen-bond acceptors (Lipinski definition) is 5. The minimum Gasteiger partial charge on any atom is -0.480 e. The Morgan fingerprint density at radius 1 is 1.19 bits per heavy atom. The largest absolute Gasteiger partial charge is 0.480 e. The van der Waals surface area contributed by atoms with Crippen LogP contribution in [0.3, 0.4) is 0 Å². The molecule has 8 nitrogen and oxygen atoms in total. The molecule has 0 aliphatic carbocycles. The number of carbonyl (C=O) groups is 2. The Morgan fingerprint density at radius 3 is 2.24 bits per heavy atom. The fourth-order valence-electron chi connectivity index (χ4n) is 2.18. The summed E-state index contributed by atoms with van der Waals surface area (Å²) in [5.41, 5.74) is 0. The molecule has 21 heavy (non-hydrogen) atoms. The summed E-state index contributed by atoms with van der Waals surface area (Å²) in [5, 5.41) is 8.95. The Bertz CT molecular complexity index is 491. The van der Waals surface area contributed by atoms with Crippen LogP contribution in [-0.2, 0) is 14.6 Å². The molecule has 122 valence electrons. The van der Waals surface area contributed by atoms with Gasteiger partial charge in [0, 0.05) is 26.2 Å². The predicted molar refractivity (Wildman–Crippen MR) is 78.0 cm³/mol. The number of rotatable bonds is 6. The van der Waals surface area contributed by atoms with Gasteiger partial charge in [-0.1, -0.05) is 0 Å². The van der Waals surface area contributed by atoms with Gasteiger partial charge in [-0.2, -0.15) is 0 Å². The molecule has 1 heterocycles. The summed E-state index contributed by atoms with van der Waals surface area (Å²) in [6.45, 7) is 0.610. The highest BCUT2D eigenvalue weighted by Crippen LogP contribution is 2.18. The molecule has 2 amide bonds. The summed E-state index contributed by atoms with van der Waals surface area (Å²) in [4.78, 5) is 27.8. The van der Waals surface area contributed by atoms with Crippen molar-refractivity contribution in [3.63, 3.8) is 0 Å². The molecule has 0 aromatic heterocycles. The number of nitrogens with zero attached hydrogens (tertiary/aromatic N) is 3. The number of carboxylic acid groups (broad SMARTS) is 1. The fraction of sp³-hybridized carbons (Fsp3) is 0.833. The van der Waals surface area contributed by atoms with E-state index in [1.54, 1.807) is 7.05 Å². The van der Waals surface area contributed by atoms with E-state index < -0.39 is 34.4 Å². The maximum atomic E-state index is 12.4. The van der Waals surface area contributed by atoms with Crippen molar-refractivity contribution in [1.82, 2.24) is 14.7 Å². The third-order valence-electron chi connectivity index (χ3n) is 3.41. The van der Waals surface area contributed by atoms with Crippen molar-refractivity contribution >= 4 is 21.8 Å². The number of urea groups is 1. The van der Waals surface area contributed by atoms with Crippen molar-refractivity contribution in [3.05, 3.63) is 0 Å². The summed E-state index contributed by atoms with van der Waals surface area (Å²) in [6, 6.07) is -0.998. The molecule has 0 radical (unpaired) electrons. The average Bonchev–Trinajstić information content (AvgIpc) is 2.72. The Hall–Kier alpha value is -1.35. The van der Waals surface area contributed by atoms with Crippen molar-refractivity contribution < 1.29 is 23.1 Å². The molecule has 9 heteroatoms. The summed E-state index contributed by atoms with van der Waals surface area (Å²) in [5.74, 6) is -1.30. The molecule has 0 spiro atoms. The highest BCUT2D eigenvalue weighted by Gasteiger charge is 2.36. The van der Waals surface area contributed by atoms with Gasteiger partial charge in [0.2, 0.25) is 0 Å². The van der Waals surface area contributed by atoms with Gasteiger partial charge < -0.3 is 19.8 Å². The number of aliphatic carboxylic acids is 1. The van der Waals surface area contributed by atoms with Crippen LogP contribution >= 0.6 is 0 Å². The van der Waals surface area contributed by atoms with Crippen LogP contribution in [0.5, 0.6) is 0 Å². The van der Waals surface area contributed by atoms with Gasteiger partial charge in [-0.25, -0.2) is 13.2 Å². The smallest absolute Gasteiger partial charge is 0.323 e. The standard InChI is InChI=1S/C12H23N3O5S/c1-13(2)5-6-14(3)12(18)15(8-11(16)17)10-4-7-21(19,20)9-10/h10H,4-9H2,1-3H3,(H,16,17). The Balaban J connectivity index is 2.77. The van der Waals surface area contributed by atoms with E-state index in [0.29, 0.717) is 19.5 Å². The minimum atomic E-state index is -3.17. The molecule has 0 aromatic carbocycles. The van der Waals surface area contributed by atoms with Gasteiger partial charge in [0.1, 0.15) is 6.54 Å². The van der Waals surface area contributed by atoms with Crippen LogP contribution < -0.4 is 0 Å². The summed E-state index contributed by atoms with van der Waals surface area (Å²) >= 11 is 0. The normalized spacial score (nSPS) is 20.5. The third kappa shape index (κ3) is 5.50. The highest BCUT2D eigenvalue weighted by molar-refractivity contribution is 7.91. The second-order valence-electron chi connectivity index (χ2n) is 5.59. The van der Waals surface area contributed by atoms with Crippen molar-refractivity contribution in [2.75, 3.05) is 52.3 Å². The quantitative estimate of drug-likeness (QED) is 0.686. The molecule has 1 fully saturated rings. The van der Waals surface area contributed by atoms with Crippen LogP contribution in [0.25, 0.3) is 0 Å². The van der Waals surface area contributed by atoms with Gasteiger partial charge in [0.25, 0.3) is 0 Å². The maximum Gasteiger partial charge on any atom is 0.323 e. The molecular formula is C12H23N3O5S. The molecule has 1 saturated heterocycles. The van der Waals surface area contributed by atoms with Crippen LogP contribution in [0, 0.1) is 0 Å². The Kier molecular flexibility index (Phi) is 5.97. The lowest BCUT2D eigenvalue weighted by Gasteiger charge is -2.31. The lowest BCUT2D eigenvalue weighted by Crippen LogP contribution is -2.50. The number of carboxylic acids is 1. The van der Waals surface area contributed by atoms with Gasteiger partial charge in [-0.05, 0) is 20.5 Å². The van der Waals surface area contributed by atoms with E-state index in [9.17, 15) is 18.0 Å². The zero-order chi connectivity index (χ0) is 16.2. The number of carbonyl (C=O) groups excluding carboxylic acids is 1. The minimum absolute atomic E-state index is 0.00246. The first-order valence-electron chi connectivity index (χ1n) is 6.71. The molecular weight excluding hydrogens is 298 g/mol. The number of hydrogen-bond donors (Lipinski definition) is 1. The lowest BCUT2D eigenvalue weighted by molar-refractivity contribution is -0.138. The van der Waals surface area contributed by atoms with Gasteiger partial charge in [0.15, 0.2) is 9.84 Å². The number of amides is 2. The lowest BCUT2D eigenvalue weighted by atomic mass is 10.2. The molecule has 1 rings (SSSR count). The molecule has 1 aliphatic rings. The van der Waals surface area contributed by atoms with Crippen molar-refractivity contribution in [2.45, 2.75) is 12.5 Å². The van der Waals surface area contributed by atoms with E-state index in [1.807, 2.05) is 19.0 Å². The van der Waals surface area contributed by atoms with Crippen molar-refractivity contribution in [1.29, 1.82) is 0 Å². The molecule has 1 aliphatic heterocycles. The second kappa shape index (κ2) is 7.08. The van der Waals surface area contributed by atoms with Crippen molar-refractivity contribution in [3.8, 4) is 0 Å². The topological polar surface area (TPSA) is 98.2 Å². The molecule has 1 atom stereocenters. The second-order valence-corrected chi connectivity index (χ2v) is 7.81. The van der Waals surface area contributed by atoms with Crippen LogP contribution in [0.15, 0.2) is 0 Å². The molecule has 1 N–H and O–H groups in total. The molecule has 0 bridgehead atoms. The zero-order valence-electron chi connectivity index (χ0n) is 12.7. The molecule has 0 saturated carbocycles. The van der Waals surface area contributed by atoms with Gasteiger partial charge in [0.05, 0.1) is 11.5 Å². The SMILES string of the molecule is CN(C)CCN(C)C(=O)N(CC(=O)O)C1CCS(=O)(=O)C1. The summed E-state index contributed by atoms with van der Waals surface area (Å²) < 4.78 is 23.1. The summed E-state index contributed by atoms with van der Waals surface area (Å²) in [7, 11) is 2.16. The Morgan fingerprint density at radius 2 is 1.81 bits per heavy atom. The maximum absolute atomic E-state index is 12.4. The van der Waals surface area contributed by atoms with E-state index in [0.717, 1.165) is 4.90 Å². The van der Waals surface area contributed by atoms with Crippen LogP contribution in [0.2, 0.25) is 0 Å². The number of likely N-dealkylation sites (N-methyl/N-ethyl adjacent to an activating group) is 2. The third-order valence-corrected chi connectivity index (χ3v) is 5.16. The van der Waals surface area contributed by atoms with Gasteiger partial charge in [-0.3, -0.25) is 4.79 Å². The van der Waals surface area contributed by atoms with E-state index >= 15 is 0 Å². The fourth-order valence-corrected chi connectivity index (χ4v) is 3.92. The van der Waals surface area contributed by atoms with Crippen molar-refractivity contribution in [2.24, 2.45) is 0 Å². The van der Waals surface area contributed by atoms with Crippen LogP contribution in [0.1, 0.15) is 6.42 Å². The van der Waals surface area contributed by atoms with E-state index in [1.165, 1.54) is 4.90 Å². The average molecular weight is 321 g/mol. The van der Waals surface area contributed by atoms with Gasteiger partial charge in [-0.15, -0.1) is 0 Å². The van der Waals surface area contributed by atoms with E-state index in [4.69, 9.17) is 5.11 Å². The molecule has 1 unspecified atom stereocenters. The molecule has 0 aromatic rings. The summed E-state index contributed by atoms with van der Waals surface area (Å²) in [6.07, 6.45) is 0.295. The first-order valence-corrected chi connectivity index (χ1v) is 8.53. The number of sulfone groups is 1. The van der Waals surface area contributed by atoms with Crippen LogP contribution in [0.4, 0.5) is 4.79 Å². The van der Waals surface area contributed by atoms with E-state index in [-0.39, 0.29) is 11.5 Å².